The number of aliphatic hydroxyl groups excluding tert-OH is 4. The van der Waals surface area contributed by atoms with Gasteiger partial charge in [-0.1, -0.05) is 11.8 Å². The number of nitrogens with one attached hydrogen (secondary N) is 2. The van der Waals surface area contributed by atoms with Gasteiger partial charge in [-0.3, -0.25) is 0 Å². The van der Waals surface area contributed by atoms with Crippen molar-refractivity contribution in [1.82, 2.24) is 19.9 Å². The second kappa shape index (κ2) is 19.9. The molecule has 10 rings (SSSR count). The molecule has 79 heavy (non-hydrogen) atoms. The third-order valence-corrected chi connectivity index (χ3v) is 13.9. The van der Waals surface area contributed by atoms with Crippen molar-refractivity contribution in [1.29, 1.82) is 0 Å². The molecule has 3 aliphatic heterocycles. The number of thioether (sulfide) groups is 1. The van der Waals surface area contributed by atoms with E-state index < -0.39 is 241 Å². The number of aromatic amines is 2. The minimum absolute atomic E-state index is 0.330. The number of nitrogens with zero attached hydrogens (tertiary/aromatic N) is 2. The summed E-state index contributed by atoms with van der Waals surface area (Å²) < 4.78 is 302. The number of fused-ring (bicyclic) bond motifs is 8. The first kappa shape index (κ1) is 54.6. The van der Waals surface area contributed by atoms with Gasteiger partial charge in [-0.05, 0) is 48.6 Å². The monoisotopic (exact) mass is 1150 g/mol. The van der Waals surface area contributed by atoms with Gasteiger partial charge in [-0.15, -0.1) is 0 Å². The molecule has 1 saturated heterocycles. The number of rotatable bonds is 7. The zero-order valence-corrected chi connectivity index (χ0v) is 38.7. The van der Waals surface area contributed by atoms with E-state index >= 15 is 70.2 Å². The normalized spacial score (nSPS) is 18.1. The summed E-state index contributed by atoms with van der Waals surface area (Å²) in [7, 11) is 0. The van der Waals surface area contributed by atoms with Crippen molar-refractivity contribution < 1.29 is 109 Å². The molecule has 6 N–H and O–H groups in total. The number of aromatic nitrogens is 4. The second-order valence-corrected chi connectivity index (χ2v) is 18.2. The molecule has 0 aliphatic carbocycles. The average molecular weight is 1150 g/mol. The third-order valence-electron chi connectivity index (χ3n) is 12.7. The Morgan fingerprint density at radius 3 is 0.873 bits per heavy atom. The maximum atomic E-state index is 16.9. The van der Waals surface area contributed by atoms with Crippen LogP contribution in [-0.2, 0) is 4.74 Å². The van der Waals surface area contributed by atoms with Crippen LogP contribution < -0.4 is 0 Å². The molecule has 1 fully saturated rings. The molecule has 0 radical (unpaired) electrons. The maximum Gasteiger partial charge on any atom is 0.200 e. The van der Waals surface area contributed by atoms with Crippen molar-refractivity contribution in [2.24, 2.45) is 0 Å². The molecule has 5 atom stereocenters. The molecule has 0 spiro atoms. The molecule has 6 heterocycles. The Kier molecular flexibility index (Phi) is 13.8. The van der Waals surface area contributed by atoms with Gasteiger partial charge in [0, 0.05) is 44.3 Å². The van der Waals surface area contributed by atoms with Crippen LogP contribution in [0.2, 0.25) is 0 Å². The van der Waals surface area contributed by atoms with Gasteiger partial charge in [-0.25, -0.2) is 93.4 Å². The van der Waals surface area contributed by atoms with Crippen molar-refractivity contribution in [2.75, 3.05) is 6.61 Å². The molecule has 4 aromatic carbocycles. The van der Waals surface area contributed by atoms with Crippen LogP contribution in [0.3, 0.4) is 0 Å². The predicted octanol–water partition coefficient (Wildman–Crippen LogP) is 11.9. The van der Waals surface area contributed by atoms with Crippen LogP contribution in [0.25, 0.3) is 90.9 Å². The van der Waals surface area contributed by atoms with Gasteiger partial charge in [0.05, 0.1) is 56.5 Å². The van der Waals surface area contributed by atoms with E-state index in [1.807, 2.05) is 0 Å². The van der Waals surface area contributed by atoms with Crippen molar-refractivity contribution in [3.05, 3.63) is 158 Å². The largest absolute Gasteiger partial charge is 0.394 e. The summed E-state index contributed by atoms with van der Waals surface area (Å²) in [5.41, 5.74) is -22.9. The van der Waals surface area contributed by atoms with E-state index in [9.17, 15) is 33.6 Å². The molecule has 410 valence electrons. The zero-order valence-electron chi connectivity index (χ0n) is 37.9. The topological polar surface area (TPSA) is 148 Å². The van der Waals surface area contributed by atoms with Crippen molar-refractivity contribution >= 4 is 58.1 Å². The number of aliphatic hydroxyl groups is 4. The van der Waals surface area contributed by atoms with Crippen LogP contribution in [0.15, 0.2) is 29.2 Å². The first-order chi connectivity index (χ1) is 37.3. The molecule has 0 amide bonds. The van der Waals surface area contributed by atoms with Gasteiger partial charge in [-0.2, -0.15) is 0 Å². The summed E-state index contributed by atoms with van der Waals surface area (Å²) >= 11 is -0.330. The lowest BCUT2D eigenvalue weighted by atomic mass is 10.0. The Labute approximate surface area is 429 Å². The highest BCUT2D eigenvalue weighted by Gasteiger charge is 2.45. The summed E-state index contributed by atoms with van der Waals surface area (Å²) in [5, 5.41) is 40.6. The van der Waals surface area contributed by atoms with E-state index in [-0.39, 0.29) is 11.8 Å². The molecule has 8 bridgehead atoms. The van der Waals surface area contributed by atoms with Gasteiger partial charge < -0.3 is 35.1 Å². The van der Waals surface area contributed by atoms with Crippen LogP contribution >= 0.6 is 11.8 Å². The summed E-state index contributed by atoms with van der Waals surface area (Å²) in [5.74, 6) is -49.4. The highest BCUT2D eigenvalue weighted by atomic mass is 32.2. The van der Waals surface area contributed by atoms with Gasteiger partial charge in [0.25, 0.3) is 0 Å². The summed E-state index contributed by atoms with van der Waals surface area (Å²) in [6.45, 7) is -1.08. The Morgan fingerprint density at radius 2 is 0.608 bits per heavy atom. The van der Waals surface area contributed by atoms with Crippen LogP contribution in [0, 0.1) is 111 Å². The third kappa shape index (κ3) is 8.34. The summed E-state index contributed by atoms with van der Waals surface area (Å²) in [6, 6.07) is 2.50. The smallest absolute Gasteiger partial charge is 0.200 e. The number of hydrogen-bond acceptors (Lipinski definition) is 8. The minimum Gasteiger partial charge on any atom is -0.394 e. The van der Waals surface area contributed by atoms with E-state index in [1.54, 1.807) is 0 Å². The standard InChI is InChI=1S/C50H21F19N4O5S/c51-27-23(28(52)36(60)41(65)35(27)59)19-10-1-3-12(70-10)20(24-29(53)37(61)42(66)38(62)30(24)54)14-5-7-16(72-14)22(26-33(57)44(68)49(45(69)34(26)58)79-50-48(77)47(76)46(75)18(9-74)78-50)17-8-6-15(73-17)21(13-4-2-11(19)71-13)25-31(55)39(63)43(67)40(64)32(25)56/h1-8,18,46-48,50,70,73-77H,9H2/t18-,46-,47?,48+,50-/m1/s1. The zero-order chi connectivity index (χ0) is 57.3. The highest BCUT2D eigenvalue weighted by Crippen LogP contribution is 2.46. The minimum atomic E-state index is -2.74. The molecule has 3 aliphatic rings. The lowest BCUT2D eigenvalue weighted by Crippen LogP contribution is -2.57. The van der Waals surface area contributed by atoms with Gasteiger partial charge >= 0.3 is 0 Å². The fraction of sp³-hybridized carbons (Fsp3) is 0.120. The van der Waals surface area contributed by atoms with Gasteiger partial charge in [0.1, 0.15) is 29.9 Å². The molecule has 0 saturated carbocycles. The fourth-order valence-corrected chi connectivity index (χ4v) is 10.1. The Morgan fingerprint density at radius 1 is 0.354 bits per heavy atom. The van der Waals surface area contributed by atoms with Crippen molar-refractivity contribution in [2.45, 2.75) is 34.7 Å². The second-order valence-electron chi connectivity index (χ2n) is 17.1. The quantitative estimate of drug-likeness (QED) is 0.0525. The number of H-pyrrole nitrogens is 2. The first-order valence-corrected chi connectivity index (χ1v) is 22.8. The number of hydrogen-bond donors (Lipinski definition) is 6. The number of halogens is 19. The lowest BCUT2D eigenvalue weighted by molar-refractivity contribution is -0.205. The van der Waals surface area contributed by atoms with E-state index in [0.717, 1.165) is 0 Å². The van der Waals surface area contributed by atoms with E-state index in [1.165, 1.54) is 0 Å². The van der Waals surface area contributed by atoms with E-state index in [2.05, 4.69) is 19.9 Å². The van der Waals surface area contributed by atoms with E-state index in [0.29, 0.717) is 48.6 Å². The molecule has 7 aromatic rings. The predicted molar refractivity (Wildman–Crippen MR) is 239 cm³/mol. The molecule has 1 unspecified atom stereocenters. The summed E-state index contributed by atoms with van der Waals surface area (Å²) in [6.07, 6.45) is -5.85. The highest BCUT2D eigenvalue weighted by molar-refractivity contribution is 7.99. The van der Waals surface area contributed by atoms with Gasteiger partial charge in [0.2, 0.25) is 17.5 Å². The average Bonchev–Trinajstić information content (AvgIpc) is 4.37. The Hall–Kier alpha value is -7.70. The molecule has 3 aromatic heterocycles. The molecular weight excluding hydrogens is 1130 g/mol. The van der Waals surface area contributed by atoms with Crippen molar-refractivity contribution in [3.8, 4) is 44.5 Å². The first-order valence-electron chi connectivity index (χ1n) is 21.9. The SMILES string of the molecule is OC[C@H]1O[C@H](Sc2c(F)c(F)c(-c3c4nc(c(-c5c(F)c(F)c(F)c(F)c5F)c5ccc([nH]5)c(-c5c(F)c(F)c(F)c(F)c5F)c5nc(c(-c6c(F)c(F)c(F)c(F)c6F)c6ccc3[nH]6)C=C5)C=C4)c(F)c2F)[C@@H](O)C(O)[C@@H]1O. The maximum absolute atomic E-state index is 16.9. The lowest BCUT2D eigenvalue weighted by Gasteiger charge is -2.39. The van der Waals surface area contributed by atoms with Crippen LogP contribution in [0.4, 0.5) is 83.4 Å². The van der Waals surface area contributed by atoms with Crippen molar-refractivity contribution in [3.63, 3.8) is 0 Å². The van der Waals surface area contributed by atoms with Crippen LogP contribution in [0.1, 0.15) is 22.8 Å². The molecule has 9 nitrogen and oxygen atoms in total. The van der Waals surface area contributed by atoms with Gasteiger partial charge in [0.15, 0.2) is 93.1 Å². The van der Waals surface area contributed by atoms with Crippen LogP contribution in [0.5, 0.6) is 0 Å². The Bertz CT molecular complexity index is 3890. The van der Waals surface area contributed by atoms with E-state index in [4.69, 9.17) is 4.74 Å². The fourth-order valence-electron chi connectivity index (χ4n) is 8.95. The Balaban J connectivity index is 1.40. The number of benzene rings is 4. The number of ether oxygens (including phenoxy) is 1. The van der Waals surface area contributed by atoms with Crippen LogP contribution in [-0.4, -0.2) is 76.8 Å². The molecule has 29 heteroatoms. The molecular formula is C50H21F19N4O5S. The summed E-state index contributed by atoms with van der Waals surface area (Å²) in [4.78, 5) is 10.9.